The van der Waals surface area contributed by atoms with E-state index in [2.05, 4.69) is 169 Å². The van der Waals surface area contributed by atoms with Gasteiger partial charge in [0.15, 0.2) is 0 Å². The maximum Gasteiger partial charge on any atom is 0.0541 e. The first-order chi connectivity index (χ1) is 22.5. The van der Waals surface area contributed by atoms with E-state index in [0.717, 1.165) is 0 Å². The van der Waals surface area contributed by atoms with Gasteiger partial charge in [0, 0.05) is 32.9 Å². The second-order valence-corrected chi connectivity index (χ2v) is 12.3. The number of rotatable bonds is 3. The zero-order valence-corrected chi connectivity index (χ0v) is 28.2. The van der Waals surface area contributed by atoms with Gasteiger partial charge in [-0.25, -0.2) is 0 Å². The van der Waals surface area contributed by atoms with E-state index in [1.807, 2.05) is 27.7 Å². The summed E-state index contributed by atoms with van der Waals surface area (Å²) in [5.41, 5.74) is 11.2. The van der Waals surface area contributed by atoms with Crippen LogP contribution in [-0.4, -0.2) is 9.13 Å². The highest BCUT2D eigenvalue weighted by atomic mass is 15.0. The Bertz CT molecular complexity index is 2200. The fourth-order valence-electron chi connectivity index (χ4n) is 6.52. The van der Waals surface area contributed by atoms with Crippen molar-refractivity contribution in [1.29, 1.82) is 0 Å². The molecule has 2 heterocycles. The lowest BCUT2D eigenvalue weighted by Gasteiger charge is -2.19. The monoisotopic (exact) mass is 600 g/mol. The predicted octanol–water partition coefficient (Wildman–Crippen LogP) is 12.9. The summed E-state index contributed by atoms with van der Waals surface area (Å²) in [5.74, 6) is 0. The molecule has 230 valence electrons. The van der Waals surface area contributed by atoms with E-state index in [1.54, 1.807) is 0 Å². The molecule has 0 fully saturated rings. The lowest BCUT2D eigenvalue weighted by molar-refractivity contribution is 0.591. The van der Waals surface area contributed by atoms with Crippen LogP contribution in [0.1, 0.15) is 54.0 Å². The van der Waals surface area contributed by atoms with E-state index in [1.165, 1.54) is 71.7 Å². The Balaban J connectivity index is 0.000000896. The number of nitrogens with zero attached hydrogens (tertiary/aromatic N) is 2. The standard InChI is InChI=1S/C40H32N2.2C2H6/c1-40(2,3)29-20-25-39-35(26-29)34-12-6-9-15-38(34)42(39)31-23-18-28(19-24-31)27-16-21-30(22-17-27)41-36-13-7-4-10-32(36)33-11-5-8-14-37(33)41;2*1-2/h4-26H,1-3H3;2*1-2H3. The SMILES string of the molecule is CC.CC.CC(C)(C)c1ccc2c(c1)c1ccccc1n2-c1ccc(-c2ccc(-n3c4ccccc4c4ccccc43)cc2)cc1. The molecule has 0 spiro atoms. The second kappa shape index (κ2) is 12.7. The molecule has 0 N–H and O–H groups in total. The number of benzene rings is 6. The average Bonchev–Trinajstić information content (AvgIpc) is 3.63. The molecule has 2 aromatic heterocycles. The van der Waals surface area contributed by atoms with Gasteiger partial charge in [0.25, 0.3) is 0 Å². The fourth-order valence-corrected chi connectivity index (χ4v) is 6.52. The summed E-state index contributed by atoms with van der Waals surface area (Å²) in [4.78, 5) is 0. The van der Waals surface area contributed by atoms with Gasteiger partial charge in [0.2, 0.25) is 0 Å². The number of fused-ring (bicyclic) bond motifs is 6. The van der Waals surface area contributed by atoms with Crippen molar-refractivity contribution in [3.05, 3.63) is 145 Å². The number of para-hydroxylation sites is 3. The van der Waals surface area contributed by atoms with Crippen LogP contribution in [0, 0.1) is 0 Å². The summed E-state index contributed by atoms with van der Waals surface area (Å²) in [6.07, 6.45) is 0. The van der Waals surface area contributed by atoms with Gasteiger partial charge in [-0.3, -0.25) is 0 Å². The molecule has 2 nitrogen and oxygen atoms in total. The maximum atomic E-state index is 2.40. The van der Waals surface area contributed by atoms with Crippen LogP contribution in [0.25, 0.3) is 66.1 Å². The molecule has 0 saturated carbocycles. The first kappa shape index (κ1) is 30.9. The molecular weight excluding hydrogens is 556 g/mol. The molecule has 0 aliphatic heterocycles. The first-order valence-electron chi connectivity index (χ1n) is 16.7. The summed E-state index contributed by atoms with van der Waals surface area (Å²) >= 11 is 0. The molecule has 0 aliphatic carbocycles. The summed E-state index contributed by atoms with van der Waals surface area (Å²) in [7, 11) is 0. The molecule has 0 atom stereocenters. The Morgan fingerprint density at radius 2 is 0.717 bits per heavy atom. The minimum atomic E-state index is 0.107. The third kappa shape index (κ3) is 5.28. The summed E-state index contributed by atoms with van der Waals surface area (Å²) in [5, 5.41) is 5.17. The van der Waals surface area contributed by atoms with Gasteiger partial charge in [-0.2, -0.15) is 0 Å². The Labute approximate surface area is 273 Å². The quantitative estimate of drug-likeness (QED) is 0.191. The van der Waals surface area contributed by atoms with E-state index in [4.69, 9.17) is 0 Å². The van der Waals surface area contributed by atoms with Crippen molar-refractivity contribution in [2.24, 2.45) is 0 Å². The topological polar surface area (TPSA) is 9.86 Å². The minimum absolute atomic E-state index is 0.107. The molecular formula is C44H44N2. The lowest BCUT2D eigenvalue weighted by Crippen LogP contribution is -2.10. The highest BCUT2D eigenvalue weighted by Crippen LogP contribution is 2.36. The predicted molar refractivity (Wildman–Crippen MR) is 202 cm³/mol. The highest BCUT2D eigenvalue weighted by molar-refractivity contribution is 6.10. The molecule has 8 aromatic rings. The van der Waals surface area contributed by atoms with Crippen molar-refractivity contribution >= 4 is 43.6 Å². The van der Waals surface area contributed by atoms with Crippen LogP contribution in [0.5, 0.6) is 0 Å². The van der Waals surface area contributed by atoms with Crippen molar-refractivity contribution < 1.29 is 0 Å². The van der Waals surface area contributed by atoms with Crippen molar-refractivity contribution in [3.63, 3.8) is 0 Å². The molecule has 6 aromatic carbocycles. The molecule has 8 rings (SSSR count). The van der Waals surface area contributed by atoms with Crippen molar-refractivity contribution in [3.8, 4) is 22.5 Å². The molecule has 46 heavy (non-hydrogen) atoms. The van der Waals surface area contributed by atoms with Crippen molar-refractivity contribution in [2.45, 2.75) is 53.9 Å². The largest absolute Gasteiger partial charge is 0.309 e. The molecule has 0 saturated heterocycles. The van der Waals surface area contributed by atoms with Gasteiger partial charge in [-0.05, 0) is 76.7 Å². The lowest BCUT2D eigenvalue weighted by atomic mass is 9.86. The van der Waals surface area contributed by atoms with Gasteiger partial charge in [-0.1, -0.05) is 133 Å². The number of hydrogen-bond donors (Lipinski definition) is 0. The third-order valence-electron chi connectivity index (χ3n) is 8.70. The van der Waals surface area contributed by atoms with E-state index in [0.29, 0.717) is 0 Å². The van der Waals surface area contributed by atoms with Crippen LogP contribution in [0.15, 0.2) is 140 Å². The molecule has 0 aliphatic rings. The van der Waals surface area contributed by atoms with Crippen LogP contribution >= 0.6 is 0 Å². The van der Waals surface area contributed by atoms with Crippen LogP contribution in [0.3, 0.4) is 0 Å². The van der Waals surface area contributed by atoms with Gasteiger partial charge in [0.1, 0.15) is 0 Å². The van der Waals surface area contributed by atoms with Crippen molar-refractivity contribution in [1.82, 2.24) is 9.13 Å². The van der Waals surface area contributed by atoms with Gasteiger partial charge < -0.3 is 9.13 Å². The Morgan fingerprint density at radius 1 is 0.370 bits per heavy atom. The van der Waals surface area contributed by atoms with E-state index >= 15 is 0 Å². The van der Waals surface area contributed by atoms with Gasteiger partial charge in [-0.15, -0.1) is 0 Å². The fraction of sp³-hybridized carbons (Fsp3) is 0.182. The minimum Gasteiger partial charge on any atom is -0.309 e. The van der Waals surface area contributed by atoms with Crippen molar-refractivity contribution in [2.75, 3.05) is 0 Å². The average molecular weight is 601 g/mol. The van der Waals surface area contributed by atoms with Gasteiger partial charge in [0.05, 0.1) is 22.1 Å². The molecule has 0 radical (unpaired) electrons. The molecule has 0 amide bonds. The normalized spacial score (nSPS) is 11.4. The Kier molecular flexibility index (Phi) is 8.56. The van der Waals surface area contributed by atoms with E-state index in [9.17, 15) is 0 Å². The number of hydrogen-bond acceptors (Lipinski definition) is 0. The first-order valence-corrected chi connectivity index (χ1v) is 16.7. The van der Waals surface area contributed by atoms with Crippen LogP contribution in [0.2, 0.25) is 0 Å². The number of aromatic nitrogens is 2. The molecule has 2 heteroatoms. The van der Waals surface area contributed by atoms with E-state index in [-0.39, 0.29) is 5.41 Å². The highest BCUT2D eigenvalue weighted by Gasteiger charge is 2.18. The summed E-state index contributed by atoms with van der Waals surface area (Å²) < 4.78 is 4.76. The smallest absolute Gasteiger partial charge is 0.0541 e. The zero-order valence-electron chi connectivity index (χ0n) is 28.2. The maximum absolute atomic E-state index is 2.40. The second-order valence-electron chi connectivity index (χ2n) is 12.3. The molecule has 0 bridgehead atoms. The Hall–Kier alpha value is -5.08. The third-order valence-corrected chi connectivity index (χ3v) is 8.70. The van der Waals surface area contributed by atoms with Crippen LogP contribution in [-0.2, 0) is 5.41 Å². The zero-order chi connectivity index (χ0) is 32.4. The van der Waals surface area contributed by atoms with E-state index < -0.39 is 0 Å². The van der Waals surface area contributed by atoms with Crippen LogP contribution < -0.4 is 0 Å². The van der Waals surface area contributed by atoms with Crippen LogP contribution in [0.4, 0.5) is 0 Å². The summed E-state index contributed by atoms with van der Waals surface area (Å²) in [6, 6.07) is 51.0. The van der Waals surface area contributed by atoms with Gasteiger partial charge >= 0.3 is 0 Å². The molecule has 0 unspecified atom stereocenters. The summed E-state index contributed by atoms with van der Waals surface area (Å²) in [6.45, 7) is 14.8. The Morgan fingerprint density at radius 3 is 1.11 bits per heavy atom.